The Bertz CT molecular complexity index is 640. The molecule has 0 saturated carbocycles. The van der Waals surface area contributed by atoms with E-state index in [1.807, 2.05) is 6.92 Å². The fourth-order valence-electron chi connectivity index (χ4n) is 1.76. The van der Waals surface area contributed by atoms with Crippen LogP contribution in [-0.4, -0.2) is 16.9 Å². The highest BCUT2D eigenvalue weighted by molar-refractivity contribution is 5.91. The molecule has 1 aromatic carbocycles. The van der Waals surface area contributed by atoms with E-state index in [-0.39, 0.29) is 17.5 Å². The van der Waals surface area contributed by atoms with Crippen LogP contribution in [-0.2, 0) is 4.79 Å². The standard InChI is InChI=1S/C17H17NO4/c1-2-3-8-16(19)21-14-6-4-5-7-15(14)22-17(20)13-9-11-18-12-10-13/h4-7,9-12H,2-3,8H2,1H3. The highest BCUT2D eigenvalue weighted by Crippen LogP contribution is 2.27. The van der Waals surface area contributed by atoms with Gasteiger partial charge in [-0.25, -0.2) is 4.79 Å². The predicted octanol–water partition coefficient (Wildman–Crippen LogP) is 3.40. The van der Waals surface area contributed by atoms with Crippen molar-refractivity contribution in [3.8, 4) is 11.5 Å². The van der Waals surface area contributed by atoms with E-state index in [0.717, 1.165) is 12.8 Å². The normalized spacial score (nSPS) is 10.0. The van der Waals surface area contributed by atoms with Gasteiger partial charge < -0.3 is 9.47 Å². The van der Waals surface area contributed by atoms with Crippen LogP contribution in [0.4, 0.5) is 0 Å². The number of esters is 2. The molecule has 0 saturated heterocycles. The lowest BCUT2D eigenvalue weighted by atomic mass is 10.2. The monoisotopic (exact) mass is 299 g/mol. The molecule has 0 unspecified atom stereocenters. The molecule has 0 bridgehead atoms. The van der Waals surface area contributed by atoms with Gasteiger partial charge in [0, 0.05) is 18.8 Å². The average Bonchev–Trinajstić information content (AvgIpc) is 2.55. The average molecular weight is 299 g/mol. The van der Waals surface area contributed by atoms with Crippen molar-refractivity contribution in [2.45, 2.75) is 26.2 Å². The molecule has 0 spiro atoms. The molecule has 22 heavy (non-hydrogen) atoms. The Morgan fingerprint density at radius 1 is 1.00 bits per heavy atom. The van der Waals surface area contributed by atoms with Crippen LogP contribution in [0.3, 0.4) is 0 Å². The van der Waals surface area contributed by atoms with Crippen LogP contribution in [0.1, 0.15) is 36.5 Å². The summed E-state index contributed by atoms with van der Waals surface area (Å²) < 4.78 is 10.5. The van der Waals surface area contributed by atoms with Crippen LogP contribution in [0.15, 0.2) is 48.8 Å². The first-order valence-corrected chi connectivity index (χ1v) is 7.12. The lowest BCUT2D eigenvalue weighted by molar-refractivity contribution is -0.134. The third kappa shape index (κ3) is 4.41. The fraction of sp³-hybridized carbons (Fsp3) is 0.235. The highest BCUT2D eigenvalue weighted by Gasteiger charge is 2.14. The lowest BCUT2D eigenvalue weighted by Gasteiger charge is -2.10. The number of para-hydroxylation sites is 2. The second-order valence-corrected chi connectivity index (χ2v) is 4.65. The number of aromatic nitrogens is 1. The number of carbonyl (C=O) groups excluding carboxylic acids is 2. The van der Waals surface area contributed by atoms with E-state index in [0.29, 0.717) is 12.0 Å². The van der Waals surface area contributed by atoms with Crippen LogP contribution in [0.5, 0.6) is 11.5 Å². The van der Waals surface area contributed by atoms with Crippen molar-refractivity contribution in [1.29, 1.82) is 0 Å². The van der Waals surface area contributed by atoms with Crippen LogP contribution >= 0.6 is 0 Å². The molecule has 0 N–H and O–H groups in total. The number of ether oxygens (including phenoxy) is 2. The smallest absolute Gasteiger partial charge is 0.343 e. The van der Waals surface area contributed by atoms with Gasteiger partial charge in [-0.05, 0) is 30.7 Å². The molecule has 0 aliphatic carbocycles. The zero-order valence-corrected chi connectivity index (χ0v) is 12.3. The molecule has 0 aliphatic heterocycles. The molecule has 0 amide bonds. The van der Waals surface area contributed by atoms with E-state index in [1.165, 1.54) is 12.4 Å². The third-order valence-electron chi connectivity index (χ3n) is 2.93. The molecule has 5 nitrogen and oxygen atoms in total. The van der Waals surface area contributed by atoms with Crippen LogP contribution in [0.2, 0.25) is 0 Å². The molecule has 0 atom stereocenters. The molecule has 5 heteroatoms. The number of pyridine rings is 1. The summed E-state index contributed by atoms with van der Waals surface area (Å²) in [5.41, 5.74) is 0.377. The summed E-state index contributed by atoms with van der Waals surface area (Å²) in [5, 5.41) is 0. The maximum absolute atomic E-state index is 12.0. The van der Waals surface area contributed by atoms with Crippen molar-refractivity contribution >= 4 is 11.9 Å². The fourth-order valence-corrected chi connectivity index (χ4v) is 1.76. The van der Waals surface area contributed by atoms with Crippen LogP contribution in [0.25, 0.3) is 0 Å². The minimum atomic E-state index is -0.528. The van der Waals surface area contributed by atoms with E-state index in [2.05, 4.69) is 4.98 Å². The second-order valence-electron chi connectivity index (χ2n) is 4.65. The van der Waals surface area contributed by atoms with Gasteiger partial charge in [0.05, 0.1) is 5.56 Å². The Kier molecular flexibility index (Phi) is 5.65. The largest absolute Gasteiger partial charge is 0.423 e. The molecule has 1 heterocycles. The van der Waals surface area contributed by atoms with Gasteiger partial charge in [-0.3, -0.25) is 9.78 Å². The van der Waals surface area contributed by atoms with Gasteiger partial charge >= 0.3 is 11.9 Å². The summed E-state index contributed by atoms with van der Waals surface area (Å²) in [6.07, 6.45) is 5.02. The Labute approximate surface area is 128 Å². The number of unbranched alkanes of at least 4 members (excludes halogenated alkanes) is 1. The van der Waals surface area contributed by atoms with Gasteiger partial charge in [0.15, 0.2) is 11.5 Å². The third-order valence-corrected chi connectivity index (χ3v) is 2.93. The number of hydrogen-bond acceptors (Lipinski definition) is 5. The molecule has 2 rings (SSSR count). The highest BCUT2D eigenvalue weighted by atomic mass is 16.6. The first kappa shape index (κ1) is 15.7. The molecule has 0 radical (unpaired) electrons. The Morgan fingerprint density at radius 2 is 1.64 bits per heavy atom. The van der Waals surface area contributed by atoms with Gasteiger partial charge in [-0.15, -0.1) is 0 Å². The second kappa shape index (κ2) is 7.93. The summed E-state index contributed by atoms with van der Waals surface area (Å²) in [6, 6.07) is 9.71. The topological polar surface area (TPSA) is 65.5 Å². The first-order valence-electron chi connectivity index (χ1n) is 7.12. The van der Waals surface area contributed by atoms with Crippen LogP contribution < -0.4 is 9.47 Å². The van der Waals surface area contributed by atoms with Gasteiger partial charge in [-0.2, -0.15) is 0 Å². The molecular formula is C17H17NO4. The number of carbonyl (C=O) groups is 2. The minimum Gasteiger partial charge on any atom is -0.423 e. The Hall–Kier alpha value is -2.69. The summed E-state index contributed by atoms with van der Waals surface area (Å²) in [6.45, 7) is 2.00. The number of nitrogens with zero attached hydrogens (tertiary/aromatic N) is 1. The predicted molar refractivity (Wildman–Crippen MR) is 80.8 cm³/mol. The van der Waals surface area contributed by atoms with Crippen LogP contribution in [0, 0.1) is 0 Å². The molecule has 2 aromatic rings. The van der Waals surface area contributed by atoms with Crippen molar-refractivity contribution in [2.75, 3.05) is 0 Å². The van der Waals surface area contributed by atoms with E-state index in [4.69, 9.17) is 9.47 Å². The number of rotatable bonds is 6. The van der Waals surface area contributed by atoms with E-state index >= 15 is 0 Å². The summed E-state index contributed by atoms with van der Waals surface area (Å²) in [5.74, 6) is -0.408. The maximum Gasteiger partial charge on any atom is 0.343 e. The van der Waals surface area contributed by atoms with Crippen molar-refractivity contribution < 1.29 is 19.1 Å². The van der Waals surface area contributed by atoms with E-state index in [9.17, 15) is 9.59 Å². The summed E-state index contributed by atoms with van der Waals surface area (Å²) in [7, 11) is 0. The summed E-state index contributed by atoms with van der Waals surface area (Å²) in [4.78, 5) is 27.6. The SMILES string of the molecule is CCCCC(=O)Oc1ccccc1OC(=O)c1ccncc1. The van der Waals surface area contributed by atoms with Gasteiger partial charge in [0.2, 0.25) is 0 Å². The number of benzene rings is 1. The molecule has 0 aliphatic rings. The van der Waals surface area contributed by atoms with E-state index in [1.54, 1.807) is 36.4 Å². The van der Waals surface area contributed by atoms with Crippen molar-refractivity contribution in [2.24, 2.45) is 0 Å². The van der Waals surface area contributed by atoms with Gasteiger partial charge in [-0.1, -0.05) is 25.5 Å². The molecule has 0 fully saturated rings. The molecular weight excluding hydrogens is 282 g/mol. The summed E-state index contributed by atoms with van der Waals surface area (Å²) >= 11 is 0. The Balaban J connectivity index is 2.08. The minimum absolute atomic E-state index is 0.217. The zero-order valence-electron chi connectivity index (χ0n) is 12.3. The maximum atomic E-state index is 12.0. The molecule has 1 aromatic heterocycles. The van der Waals surface area contributed by atoms with E-state index < -0.39 is 5.97 Å². The molecule has 114 valence electrons. The number of hydrogen-bond donors (Lipinski definition) is 0. The lowest BCUT2D eigenvalue weighted by Crippen LogP contribution is -2.12. The van der Waals surface area contributed by atoms with Crippen molar-refractivity contribution in [3.05, 3.63) is 54.4 Å². The van der Waals surface area contributed by atoms with Gasteiger partial charge in [0.25, 0.3) is 0 Å². The van der Waals surface area contributed by atoms with Crippen molar-refractivity contribution in [3.63, 3.8) is 0 Å². The Morgan fingerprint density at radius 3 is 2.27 bits per heavy atom. The van der Waals surface area contributed by atoms with Crippen molar-refractivity contribution in [1.82, 2.24) is 4.98 Å². The van der Waals surface area contributed by atoms with Gasteiger partial charge in [0.1, 0.15) is 0 Å². The first-order chi connectivity index (χ1) is 10.7. The quantitative estimate of drug-likeness (QED) is 0.604. The zero-order chi connectivity index (χ0) is 15.8.